The predicted molar refractivity (Wildman–Crippen MR) is 91.0 cm³/mol. The normalized spacial score (nSPS) is 9.73. The third-order valence-electron chi connectivity index (χ3n) is 3.17. The molecule has 1 aromatic carbocycles. The van der Waals surface area contributed by atoms with Gasteiger partial charge in [-0.1, -0.05) is 24.1 Å². The lowest BCUT2D eigenvalue weighted by molar-refractivity contribution is -0.123. The summed E-state index contributed by atoms with van der Waals surface area (Å²) in [5.74, 6) is 5.41. The first-order chi connectivity index (χ1) is 10.7. The number of nitrogens with zero attached hydrogens (tertiary/aromatic N) is 3. The number of carbonyl (C=O) groups is 1. The van der Waals surface area contributed by atoms with Gasteiger partial charge in [0.1, 0.15) is 0 Å². The number of benzene rings is 1. The van der Waals surface area contributed by atoms with Crippen molar-refractivity contribution in [2.45, 2.75) is 6.42 Å². The van der Waals surface area contributed by atoms with E-state index in [0.717, 1.165) is 23.7 Å². The van der Waals surface area contributed by atoms with E-state index < -0.39 is 0 Å². The van der Waals surface area contributed by atoms with Gasteiger partial charge < -0.3 is 9.80 Å². The van der Waals surface area contributed by atoms with Crippen LogP contribution >= 0.6 is 11.3 Å². The minimum absolute atomic E-state index is 0.152. The fraction of sp³-hybridized carbons (Fsp3) is 0.294. The van der Waals surface area contributed by atoms with E-state index in [1.807, 2.05) is 42.8 Å². The number of hydrogen-bond donors (Lipinski definition) is 0. The molecule has 0 N–H and O–H groups in total. The first-order valence-corrected chi connectivity index (χ1v) is 7.97. The minimum Gasteiger partial charge on any atom is -0.351 e. The maximum Gasteiger partial charge on any atom is 0.298 e. The number of anilines is 1. The van der Waals surface area contributed by atoms with Crippen molar-refractivity contribution in [3.63, 3.8) is 0 Å². The van der Waals surface area contributed by atoms with Gasteiger partial charge in [-0.25, -0.2) is 4.98 Å². The molecule has 1 aromatic heterocycles. The summed E-state index contributed by atoms with van der Waals surface area (Å²) in [4.78, 5) is 20.0. The average Bonchev–Trinajstić information content (AvgIpc) is 3.08. The maximum atomic E-state index is 11.9. The average molecular weight is 313 g/mol. The Morgan fingerprint density at radius 3 is 2.68 bits per heavy atom. The van der Waals surface area contributed by atoms with Crippen molar-refractivity contribution in [1.29, 1.82) is 0 Å². The summed E-state index contributed by atoms with van der Waals surface area (Å²) in [5, 5.41) is 2.96. The molecule has 0 spiro atoms. The Morgan fingerprint density at radius 2 is 2.00 bits per heavy atom. The molecule has 0 bridgehead atoms. The van der Waals surface area contributed by atoms with E-state index in [4.69, 9.17) is 0 Å². The van der Waals surface area contributed by atoms with Gasteiger partial charge in [0.15, 0.2) is 5.13 Å². The van der Waals surface area contributed by atoms with Crippen molar-refractivity contribution in [1.82, 2.24) is 9.88 Å². The molecule has 0 aliphatic carbocycles. The van der Waals surface area contributed by atoms with E-state index in [1.54, 1.807) is 29.5 Å². The molecule has 2 rings (SSSR count). The number of hydrogen-bond acceptors (Lipinski definition) is 4. The van der Waals surface area contributed by atoms with Gasteiger partial charge in [0.2, 0.25) is 0 Å². The van der Waals surface area contributed by atoms with Gasteiger partial charge in [-0.2, -0.15) is 0 Å². The highest BCUT2D eigenvalue weighted by atomic mass is 32.1. The highest BCUT2D eigenvalue weighted by molar-refractivity contribution is 7.13. The van der Waals surface area contributed by atoms with E-state index in [1.165, 1.54) is 0 Å². The number of amides is 1. The SMILES string of the molecule is CN(CCCN(C)c1nccs1)C(=O)C#Cc1ccccc1. The summed E-state index contributed by atoms with van der Waals surface area (Å²) in [7, 11) is 3.79. The molecule has 0 unspecified atom stereocenters. The van der Waals surface area contributed by atoms with E-state index in [0.29, 0.717) is 6.54 Å². The molecule has 0 aliphatic rings. The summed E-state index contributed by atoms with van der Waals surface area (Å²) in [5.41, 5.74) is 0.854. The lowest BCUT2D eigenvalue weighted by Crippen LogP contribution is -2.29. The van der Waals surface area contributed by atoms with Crippen molar-refractivity contribution in [2.75, 3.05) is 32.1 Å². The van der Waals surface area contributed by atoms with Crippen LogP contribution in [0.2, 0.25) is 0 Å². The summed E-state index contributed by atoms with van der Waals surface area (Å²) in [6, 6.07) is 9.53. The fourth-order valence-corrected chi connectivity index (χ4v) is 2.53. The van der Waals surface area contributed by atoms with Crippen LogP contribution in [-0.2, 0) is 4.79 Å². The van der Waals surface area contributed by atoms with E-state index >= 15 is 0 Å². The second-order valence-corrected chi connectivity index (χ2v) is 5.81. The molecule has 5 heteroatoms. The Hall–Kier alpha value is -2.32. The standard InChI is InChI=1S/C17H19N3OS/c1-19(12-6-13-20(2)17-18-11-14-22-17)16(21)10-9-15-7-4-3-5-8-15/h3-5,7-8,11,14H,6,12-13H2,1-2H3. The minimum atomic E-state index is -0.152. The third kappa shape index (κ3) is 4.90. The zero-order chi connectivity index (χ0) is 15.8. The van der Waals surface area contributed by atoms with Crippen LogP contribution in [0.15, 0.2) is 41.9 Å². The molecule has 0 saturated carbocycles. The summed E-state index contributed by atoms with van der Waals surface area (Å²) in [6.07, 6.45) is 2.68. The van der Waals surface area contributed by atoms with Crippen LogP contribution in [0.3, 0.4) is 0 Å². The molecular formula is C17H19N3OS. The second kappa shape index (κ2) is 8.20. The summed E-state index contributed by atoms with van der Waals surface area (Å²) in [6.45, 7) is 1.54. The van der Waals surface area contributed by atoms with E-state index in [2.05, 4.69) is 21.7 Å². The molecular weight excluding hydrogens is 294 g/mol. The number of aromatic nitrogens is 1. The lowest BCUT2D eigenvalue weighted by Gasteiger charge is -2.18. The number of rotatable bonds is 5. The molecule has 4 nitrogen and oxygen atoms in total. The van der Waals surface area contributed by atoms with Gasteiger partial charge >= 0.3 is 0 Å². The fourth-order valence-electron chi connectivity index (χ4n) is 1.89. The Bertz CT molecular complexity index is 644. The number of thiazole rings is 1. The molecule has 0 fully saturated rings. The monoisotopic (exact) mass is 313 g/mol. The largest absolute Gasteiger partial charge is 0.351 e. The van der Waals surface area contributed by atoms with Gasteiger partial charge in [-0.05, 0) is 18.6 Å². The first-order valence-electron chi connectivity index (χ1n) is 7.09. The molecule has 2 aromatic rings. The molecule has 22 heavy (non-hydrogen) atoms. The zero-order valence-electron chi connectivity index (χ0n) is 12.8. The molecule has 0 radical (unpaired) electrons. The molecule has 1 amide bonds. The zero-order valence-corrected chi connectivity index (χ0v) is 13.6. The molecule has 0 saturated heterocycles. The van der Waals surface area contributed by atoms with Crippen LogP contribution in [0.1, 0.15) is 12.0 Å². The van der Waals surface area contributed by atoms with Crippen molar-refractivity contribution in [3.05, 3.63) is 47.5 Å². The van der Waals surface area contributed by atoms with Crippen molar-refractivity contribution >= 4 is 22.4 Å². The number of carbonyl (C=O) groups excluding carboxylic acids is 1. The lowest BCUT2D eigenvalue weighted by atomic mass is 10.2. The van der Waals surface area contributed by atoms with E-state index in [9.17, 15) is 4.79 Å². The van der Waals surface area contributed by atoms with Gasteiger partial charge in [-0.15, -0.1) is 11.3 Å². The highest BCUT2D eigenvalue weighted by Crippen LogP contribution is 2.15. The van der Waals surface area contributed by atoms with Crippen LogP contribution in [-0.4, -0.2) is 43.0 Å². The Labute approximate surface area is 135 Å². The van der Waals surface area contributed by atoms with Crippen LogP contribution in [0.25, 0.3) is 0 Å². The van der Waals surface area contributed by atoms with Crippen LogP contribution < -0.4 is 4.90 Å². The van der Waals surface area contributed by atoms with Gasteiger partial charge in [-0.3, -0.25) is 4.79 Å². The molecule has 1 heterocycles. The second-order valence-electron chi connectivity index (χ2n) is 4.93. The third-order valence-corrected chi connectivity index (χ3v) is 4.05. The van der Waals surface area contributed by atoms with Gasteiger partial charge in [0.05, 0.1) is 0 Å². The molecule has 0 atom stereocenters. The summed E-state index contributed by atoms with van der Waals surface area (Å²) >= 11 is 1.61. The molecule has 0 aliphatic heterocycles. The maximum absolute atomic E-state index is 11.9. The molecule has 114 valence electrons. The quantitative estimate of drug-likeness (QED) is 0.796. The Kier molecular flexibility index (Phi) is 5.99. The van der Waals surface area contributed by atoms with Gasteiger partial charge in [0, 0.05) is 50.2 Å². The highest BCUT2D eigenvalue weighted by Gasteiger charge is 2.07. The predicted octanol–water partition coefficient (Wildman–Crippen LogP) is 2.48. The topological polar surface area (TPSA) is 36.4 Å². The van der Waals surface area contributed by atoms with Crippen molar-refractivity contribution < 1.29 is 4.79 Å². The smallest absolute Gasteiger partial charge is 0.298 e. The van der Waals surface area contributed by atoms with Crippen LogP contribution in [0.4, 0.5) is 5.13 Å². The summed E-state index contributed by atoms with van der Waals surface area (Å²) < 4.78 is 0. The Balaban J connectivity index is 1.76. The van der Waals surface area contributed by atoms with Gasteiger partial charge in [0.25, 0.3) is 5.91 Å². The van der Waals surface area contributed by atoms with Crippen LogP contribution in [0, 0.1) is 11.8 Å². The van der Waals surface area contributed by atoms with E-state index in [-0.39, 0.29) is 5.91 Å². The van der Waals surface area contributed by atoms with Crippen molar-refractivity contribution in [2.24, 2.45) is 0 Å². The van der Waals surface area contributed by atoms with Crippen molar-refractivity contribution in [3.8, 4) is 11.8 Å². The van der Waals surface area contributed by atoms with Crippen LogP contribution in [0.5, 0.6) is 0 Å². The Morgan fingerprint density at radius 1 is 1.23 bits per heavy atom. The first kappa shape index (κ1) is 16.1.